The first-order valence-corrected chi connectivity index (χ1v) is 10.2. The third-order valence-corrected chi connectivity index (χ3v) is 5.92. The molecule has 0 aromatic heterocycles. The molecule has 2 aliphatic rings. The summed E-state index contributed by atoms with van der Waals surface area (Å²) < 4.78 is 5.52. The zero-order chi connectivity index (χ0) is 18.5. The molecule has 0 radical (unpaired) electrons. The predicted molar refractivity (Wildman–Crippen MR) is 112 cm³/mol. The molecule has 0 N–H and O–H groups in total. The molecule has 2 fully saturated rings. The van der Waals surface area contributed by atoms with Crippen molar-refractivity contribution in [3.63, 3.8) is 0 Å². The molecule has 0 bridgehead atoms. The topological polar surface area (TPSA) is 19.0 Å². The number of benzene rings is 2. The van der Waals surface area contributed by atoms with E-state index in [1.807, 2.05) is 0 Å². The molecule has 27 heavy (non-hydrogen) atoms. The summed E-state index contributed by atoms with van der Waals surface area (Å²) in [6, 6.07) is 20.3. The van der Waals surface area contributed by atoms with Crippen LogP contribution < -0.4 is 4.90 Å². The first-order chi connectivity index (χ1) is 13.3. The molecular weight excluding hydrogens is 334 g/mol. The average molecular weight is 366 g/mol. The Bertz CT molecular complexity index is 697. The van der Waals surface area contributed by atoms with E-state index < -0.39 is 0 Å². The van der Waals surface area contributed by atoms with Gasteiger partial charge in [-0.15, -0.1) is 0 Å². The van der Waals surface area contributed by atoms with E-state index in [-0.39, 0.29) is 0 Å². The first-order valence-electron chi connectivity index (χ1n) is 10.2. The van der Waals surface area contributed by atoms with Gasteiger partial charge in [0, 0.05) is 50.6 Å². The van der Waals surface area contributed by atoms with Crippen molar-refractivity contribution in [1.29, 1.82) is 0 Å². The number of morpholine rings is 1. The summed E-state index contributed by atoms with van der Waals surface area (Å²) in [5, 5.41) is 0. The van der Waals surface area contributed by atoms with E-state index in [1.54, 1.807) is 0 Å². The Kier molecular flexibility index (Phi) is 6.07. The Balaban J connectivity index is 1.35. The van der Waals surface area contributed by atoms with Crippen molar-refractivity contribution in [3.8, 4) is 0 Å². The summed E-state index contributed by atoms with van der Waals surface area (Å²) in [4.78, 5) is 7.49. The van der Waals surface area contributed by atoms with Gasteiger partial charge in [-0.05, 0) is 49.2 Å². The van der Waals surface area contributed by atoms with Crippen LogP contribution in [0.1, 0.15) is 18.4 Å². The Labute approximate surface area is 163 Å². The van der Waals surface area contributed by atoms with Crippen LogP contribution in [0.5, 0.6) is 0 Å². The van der Waals surface area contributed by atoms with Crippen LogP contribution in [0.15, 0.2) is 54.6 Å². The fraction of sp³-hybridized carbons (Fsp3) is 0.478. The van der Waals surface area contributed by atoms with Crippen LogP contribution in [0.2, 0.25) is 0 Å². The molecule has 4 heteroatoms. The second-order valence-electron chi connectivity index (χ2n) is 7.74. The smallest absolute Gasteiger partial charge is 0.0594 e. The molecular formula is C23H31N3O. The Morgan fingerprint density at radius 1 is 0.926 bits per heavy atom. The average Bonchev–Trinajstić information content (AvgIpc) is 2.75. The van der Waals surface area contributed by atoms with E-state index in [4.69, 9.17) is 4.74 Å². The van der Waals surface area contributed by atoms with Crippen molar-refractivity contribution in [1.82, 2.24) is 9.80 Å². The van der Waals surface area contributed by atoms with Crippen LogP contribution in [0.4, 0.5) is 11.4 Å². The van der Waals surface area contributed by atoms with Crippen molar-refractivity contribution in [2.45, 2.75) is 25.4 Å². The molecule has 2 saturated heterocycles. The van der Waals surface area contributed by atoms with Crippen LogP contribution in [-0.4, -0.2) is 62.3 Å². The van der Waals surface area contributed by atoms with Crippen LogP contribution >= 0.6 is 0 Å². The Hall–Kier alpha value is -1.88. The molecule has 0 amide bonds. The highest BCUT2D eigenvalue weighted by molar-refractivity contribution is 5.62. The standard InChI is InChI=1S/C23H31N3O/c1-24(21-6-3-2-4-7-21)22-11-9-20(10-12-22)18-25-13-5-8-23(19-25)26-14-16-27-17-15-26/h2-4,6-7,9-12,23H,5,8,13-19H2,1H3. The first kappa shape index (κ1) is 18.5. The second-order valence-corrected chi connectivity index (χ2v) is 7.74. The van der Waals surface area contributed by atoms with Gasteiger partial charge >= 0.3 is 0 Å². The van der Waals surface area contributed by atoms with E-state index in [9.17, 15) is 0 Å². The summed E-state index contributed by atoms with van der Waals surface area (Å²) in [6.45, 7) is 7.44. The number of para-hydroxylation sites is 1. The second kappa shape index (κ2) is 8.87. The number of rotatable bonds is 5. The van der Waals surface area contributed by atoms with Gasteiger partial charge in [-0.25, -0.2) is 0 Å². The maximum absolute atomic E-state index is 5.52. The SMILES string of the molecule is CN(c1ccccc1)c1ccc(CN2CCCC(N3CCOCC3)C2)cc1. The third kappa shape index (κ3) is 4.70. The highest BCUT2D eigenvalue weighted by Gasteiger charge is 2.26. The van der Waals surface area contributed by atoms with Gasteiger partial charge in [0.25, 0.3) is 0 Å². The lowest BCUT2D eigenvalue weighted by Crippen LogP contribution is -2.51. The minimum absolute atomic E-state index is 0.700. The van der Waals surface area contributed by atoms with Gasteiger partial charge in [0.1, 0.15) is 0 Å². The summed E-state index contributed by atoms with van der Waals surface area (Å²) in [7, 11) is 2.13. The third-order valence-electron chi connectivity index (χ3n) is 5.92. The zero-order valence-corrected chi connectivity index (χ0v) is 16.4. The van der Waals surface area contributed by atoms with E-state index in [0.29, 0.717) is 6.04 Å². The van der Waals surface area contributed by atoms with Crippen molar-refractivity contribution >= 4 is 11.4 Å². The van der Waals surface area contributed by atoms with E-state index in [0.717, 1.165) is 32.8 Å². The molecule has 4 nitrogen and oxygen atoms in total. The maximum atomic E-state index is 5.52. The van der Waals surface area contributed by atoms with E-state index in [1.165, 1.54) is 42.9 Å². The molecule has 2 heterocycles. The highest BCUT2D eigenvalue weighted by atomic mass is 16.5. The summed E-state index contributed by atoms with van der Waals surface area (Å²) in [5.41, 5.74) is 3.85. The van der Waals surface area contributed by atoms with Gasteiger partial charge < -0.3 is 9.64 Å². The van der Waals surface area contributed by atoms with Gasteiger partial charge in [-0.2, -0.15) is 0 Å². The molecule has 4 rings (SSSR count). The summed E-state index contributed by atoms with van der Waals surface area (Å²) in [5.74, 6) is 0. The highest BCUT2D eigenvalue weighted by Crippen LogP contribution is 2.24. The lowest BCUT2D eigenvalue weighted by Gasteiger charge is -2.41. The molecule has 2 aromatic carbocycles. The minimum atomic E-state index is 0.700. The number of piperidine rings is 1. The minimum Gasteiger partial charge on any atom is -0.379 e. The van der Waals surface area contributed by atoms with Gasteiger partial charge in [-0.1, -0.05) is 30.3 Å². The number of likely N-dealkylation sites (tertiary alicyclic amines) is 1. The lowest BCUT2D eigenvalue weighted by atomic mass is 10.0. The van der Waals surface area contributed by atoms with Crippen LogP contribution in [0.3, 0.4) is 0 Å². The fourth-order valence-corrected chi connectivity index (χ4v) is 4.30. The quantitative estimate of drug-likeness (QED) is 0.803. The Morgan fingerprint density at radius 2 is 1.63 bits per heavy atom. The van der Waals surface area contributed by atoms with Gasteiger partial charge in [0.15, 0.2) is 0 Å². The van der Waals surface area contributed by atoms with Gasteiger partial charge in [0.2, 0.25) is 0 Å². The van der Waals surface area contributed by atoms with Crippen LogP contribution in [-0.2, 0) is 11.3 Å². The zero-order valence-electron chi connectivity index (χ0n) is 16.4. The van der Waals surface area contributed by atoms with Gasteiger partial charge in [0.05, 0.1) is 13.2 Å². The van der Waals surface area contributed by atoms with E-state index >= 15 is 0 Å². The van der Waals surface area contributed by atoms with Crippen LogP contribution in [0.25, 0.3) is 0 Å². The molecule has 2 aliphatic heterocycles. The van der Waals surface area contributed by atoms with Gasteiger partial charge in [-0.3, -0.25) is 9.80 Å². The number of nitrogens with zero attached hydrogens (tertiary/aromatic N) is 3. The maximum Gasteiger partial charge on any atom is 0.0594 e. The van der Waals surface area contributed by atoms with E-state index in [2.05, 4.69) is 76.3 Å². The Morgan fingerprint density at radius 3 is 2.37 bits per heavy atom. The van der Waals surface area contributed by atoms with Crippen molar-refractivity contribution in [3.05, 3.63) is 60.2 Å². The van der Waals surface area contributed by atoms with Crippen LogP contribution in [0, 0.1) is 0 Å². The van der Waals surface area contributed by atoms with Crippen molar-refractivity contribution in [2.24, 2.45) is 0 Å². The lowest BCUT2D eigenvalue weighted by molar-refractivity contribution is -0.00358. The molecule has 0 aliphatic carbocycles. The number of anilines is 2. The summed E-state index contributed by atoms with van der Waals surface area (Å²) >= 11 is 0. The predicted octanol–water partition coefficient (Wildman–Crippen LogP) is 3.75. The molecule has 1 atom stereocenters. The molecule has 0 saturated carbocycles. The summed E-state index contributed by atoms with van der Waals surface area (Å²) in [6.07, 6.45) is 2.63. The molecule has 144 valence electrons. The molecule has 1 unspecified atom stereocenters. The van der Waals surface area contributed by atoms with Crippen molar-refractivity contribution < 1.29 is 4.74 Å². The number of hydrogen-bond donors (Lipinski definition) is 0. The van der Waals surface area contributed by atoms with Crippen molar-refractivity contribution in [2.75, 3.05) is 51.3 Å². The largest absolute Gasteiger partial charge is 0.379 e. The fourth-order valence-electron chi connectivity index (χ4n) is 4.30. The monoisotopic (exact) mass is 365 g/mol. The molecule has 2 aromatic rings. The number of hydrogen-bond acceptors (Lipinski definition) is 4. The normalized spacial score (nSPS) is 21.9. The molecule has 0 spiro atoms. The number of ether oxygens (including phenoxy) is 1.